The molecular formula is C11H25NO. The highest BCUT2D eigenvalue weighted by Crippen LogP contribution is 2.07. The molecule has 0 saturated carbocycles. The minimum absolute atomic E-state index is 0.245. The summed E-state index contributed by atoms with van der Waals surface area (Å²) in [6.07, 6.45) is 1.05. The average molecular weight is 187 g/mol. The van der Waals surface area contributed by atoms with E-state index in [1.807, 2.05) is 0 Å². The summed E-state index contributed by atoms with van der Waals surface area (Å²) >= 11 is 0. The normalized spacial score (nSPS) is 16.6. The minimum atomic E-state index is 0.245. The molecule has 0 radical (unpaired) electrons. The van der Waals surface area contributed by atoms with Gasteiger partial charge in [0.15, 0.2) is 0 Å². The van der Waals surface area contributed by atoms with Crippen LogP contribution in [0.5, 0.6) is 0 Å². The molecule has 0 spiro atoms. The van der Waals surface area contributed by atoms with Crippen molar-refractivity contribution >= 4 is 0 Å². The summed E-state index contributed by atoms with van der Waals surface area (Å²) in [6, 6.07) is 0.744. The molecule has 0 aliphatic rings. The van der Waals surface area contributed by atoms with Gasteiger partial charge in [0.2, 0.25) is 0 Å². The van der Waals surface area contributed by atoms with Gasteiger partial charge < -0.3 is 10.4 Å². The van der Waals surface area contributed by atoms with Gasteiger partial charge in [0.05, 0.1) is 6.61 Å². The number of nitrogens with one attached hydrogen (secondary N) is 1. The Balaban J connectivity index is 3.83. The molecule has 0 saturated heterocycles. The van der Waals surface area contributed by atoms with Crippen LogP contribution in [-0.4, -0.2) is 23.8 Å². The quantitative estimate of drug-likeness (QED) is 0.667. The Morgan fingerprint density at radius 3 is 1.92 bits per heavy atom. The molecule has 0 fully saturated rings. The standard InChI is InChI=1S/C11H25NO/c1-8(2)6-11(7-13)12-10(5)9(3)4/h8-13H,6-7H2,1-5H3/t10-,11+/m1/s1. The molecule has 0 amide bonds. The summed E-state index contributed by atoms with van der Waals surface area (Å²) in [4.78, 5) is 0. The molecule has 0 aliphatic carbocycles. The van der Waals surface area contributed by atoms with E-state index < -0.39 is 0 Å². The highest BCUT2D eigenvalue weighted by Gasteiger charge is 2.14. The van der Waals surface area contributed by atoms with Crippen LogP contribution in [0.15, 0.2) is 0 Å². The highest BCUT2D eigenvalue weighted by molar-refractivity contribution is 4.73. The van der Waals surface area contributed by atoms with Gasteiger partial charge in [-0.3, -0.25) is 0 Å². The summed E-state index contributed by atoms with van der Waals surface area (Å²) in [5, 5.41) is 12.6. The fourth-order valence-corrected chi connectivity index (χ4v) is 1.33. The number of aliphatic hydroxyl groups excluding tert-OH is 1. The van der Waals surface area contributed by atoms with Gasteiger partial charge >= 0.3 is 0 Å². The molecule has 2 N–H and O–H groups in total. The number of hydrogen-bond donors (Lipinski definition) is 2. The van der Waals surface area contributed by atoms with Crippen molar-refractivity contribution in [2.45, 2.75) is 53.1 Å². The topological polar surface area (TPSA) is 32.3 Å². The fourth-order valence-electron chi connectivity index (χ4n) is 1.33. The van der Waals surface area contributed by atoms with E-state index >= 15 is 0 Å². The van der Waals surface area contributed by atoms with Crippen molar-refractivity contribution in [2.75, 3.05) is 6.61 Å². The number of rotatable bonds is 6. The molecule has 0 unspecified atom stereocenters. The van der Waals surface area contributed by atoms with Crippen LogP contribution in [-0.2, 0) is 0 Å². The van der Waals surface area contributed by atoms with E-state index in [-0.39, 0.29) is 12.6 Å². The maximum atomic E-state index is 9.14. The first kappa shape index (κ1) is 12.9. The molecule has 2 atom stereocenters. The van der Waals surface area contributed by atoms with Gasteiger partial charge in [-0.05, 0) is 25.2 Å². The van der Waals surface area contributed by atoms with Gasteiger partial charge in [0, 0.05) is 12.1 Å². The molecule has 0 aliphatic heterocycles. The third-order valence-corrected chi connectivity index (χ3v) is 2.47. The van der Waals surface area contributed by atoms with E-state index in [0.717, 1.165) is 6.42 Å². The molecular weight excluding hydrogens is 162 g/mol. The molecule has 2 nitrogen and oxygen atoms in total. The van der Waals surface area contributed by atoms with Crippen LogP contribution >= 0.6 is 0 Å². The molecule has 2 heteroatoms. The van der Waals surface area contributed by atoms with Crippen molar-refractivity contribution in [1.29, 1.82) is 0 Å². The third kappa shape index (κ3) is 6.05. The summed E-state index contributed by atoms with van der Waals surface area (Å²) < 4.78 is 0. The zero-order chi connectivity index (χ0) is 10.4. The van der Waals surface area contributed by atoms with Crippen molar-refractivity contribution in [3.05, 3.63) is 0 Å². The second kappa shape index (κ2) is 6.39. The van der Waals surface area contributed by atoms with E-state index in [2.05, 4.69) is 39.9 Å². The van der Waals surface area contributed by atoms with Crippen LogP contribution < -0.4 is 5.32 Å². The Kier molecular flexibility index (Phi) is 6.35. The van der Waals surface area contributed by atoms with Crippen molar-refractivity contribution in [3.8, 4) is 0 Å². The largest absolute Gasteiger partial charge is 0.395 e. The first-order valence-corrected chi connectivity index (χ1v) is 5.34. The van der Waals surface area contributed by atoms with Gasteiger partial charge in [0.1, 0.15) is 0 Å². The van der Waals surface area contributed by atoms with Crippen molar-refractivity contribution < 1.29 is 5.11 Å². The predicted molar refractivity (Wildman–Crippen MR) is 57.8 cm³/mol. The molecule has 0 aromatic heterocycles. The Bertz CT molecular complexity index is 123. The van der Waals surface area contributed by atoms with Crippen LogP contribution in [0.2, 0.25) is 0 Å². The Morgan fingerprint density at radius 2 is 1.62 bits per heavy atom. The lowest BCUT2D eigenvalue weighted by molar-refractivity contribution is 0.206. The van der Waals surface area contributed by atoms with Crippen molar-refractivity contribution in [3.63, 3.8) is 0 Å². The Morgan fingerprint density at radius 1 is 1.08 bits per heavy atom. The van der Waals surface area contributed by atoms with Gasteiger partial charge in [-0.15, -0.1) is 0 Å². The first-order chi connectivity index (χ1) is 5.97. The smallest absolute Gasteiger partial charge is 0.0584 e. The first-order valence-electron chi connectivity index (χ1n) is 5.34. The van der Waals surface area contributed by atoms with E-state index in [0.29, 0.717) is 17.9 Å². The molecule has 80 valence electrons. The molecule has 0 bridgehead atoms. The van der Waals surface area contributed by atoms with Crippen molar-refractivity contribution in [2.24, 2.45) is 11.8 Å². The number of hydrogen-bond acceptors (Lipinski definition) is 2. The van der Waals surface area contributed by atoms with E-state index in [9.17, 15) is 0 Å². The van der Waals surface area contributed by atoms with Gasteiger partial charge in [0.25, 0.3) is 0 Å². The summed E-state index contributed by atoms with van der Waals surface area (Å²) in [7, 11) is 0. The van der Waals surface area contributed by atoms with E-state index in [4.69, 9.17) is 5.11 Å². The number of aliphatic hydroxyl groups is 1. The Labute approximate surface area is 82.7 Å². The zero-order valence-corrected chi connectivity index (χ0v) is 9.67. The predicted octanol–water partition coefficient (Wildman–Crippen LogP) is 2.03. The van der Waals surface area contributed by atoms with Crippen LogP contribution in [0, 0.1) is 11.8 Å². The van der Waals surface area contributed by atoms with Crippen LogP contribution in [0.3, 0.4) is 0 Å². The van der Waals surface area contributed by atoms with Crippen LogP contribution in [0.25, 0.3) is 0 Å². The van der Waals surface area contributed by atoms with Crippen molar-refractivity contribution in [1.82, 2.24) is 5.32 Å². The lowest BCUT2D eigenvalue weighted by atomic mass is 10.0. The van der Waals surface area contributed by atoms with Gasteiger partial charge in [-0.2, -0.15) is 0 Å². The molecule has 0 heterocycles. The fraction of sp³-hybridized carbons (Fsp3) is 1.00. The maximum absolute atomic E-state index is 9.14. The molecule has 0 rings (SSSR count). The minimum Gasteiger partial charge on any atom is -0.395 e. The zero-order valence-electron chi connectivity index (χ0n) is 9.67. The Hall–Kier alpha value is -0.0800. The lowest BCUT2D eigenvalue weighted by Crippen LogP contribution is -2.42. The van der Waals surface area contributed by atoms with Crippen LogP contribution in [0.1, 0.15) is 41.0 Å². The molecule has 13 heavy (non-hydrogen) atoms. The summed E-state index contributed by atoms with van der Waals surface area (Å²) in [5.41, 5.74) is 0. The van der Waals surface area contributed by atoms with E-state index in [1.165, 1.54) is 0 Å². The molecule has 0 aromatic carbocycles. The van der Waals surface area contributed by atoms with Crippen LogP contribution in [0.4, 0.5) is 0 Å². The average Bonchev–Trinajstić information content (AvgIpc) is 2.02. The lowest BCUT2D eigenvalue weighted by Gasteiger charge is -2.25. The highest BCUT2D eigenvalue weighted by atomic mass is 16.3. The second-order valence-electron chi connectivity index (χ2n) is 4.71. The summed E-state index contributed by atoms with van der Waals surface area (Å²) in [6.45, 7) is 11.2. The van der Waals surface area contributed by atoms with Gasteiger partial charge in [-0.25, -0.2) is 0 Å². The van der Waals surface area contributed by atoms with E-state index in [1.54, 1.807) is 0 Å². The molecule has 0 aromatic rings. The maximum Gasteiger partial charge on any atom is 0.0584 e. The SMILES string of the molecule is CC(C)C[C@@H](CO)N[C@H](C)C(C)C. The second-order valence-corrected chi connectivity index (χ2v) is 4.71. The monoisotopic (exact) mass is 187 g/mol. The third-order valence-electron chi connectivity index (χ3n) is 2.47. The van der Waals surface area contributed by atoms with Gasteiger partial charge in [-0.1, -0.05) is 27.7 Å². The summed E-state index contributed by atoms with van der Waals surface area (Å²) in [5.74, 6) is 1.27.